The van der Waals surface area contributed by atoms with E-state index in [2.05, 4.69) is 165 Å². The minimum absolute atomic E-state index is 0.546. The third-order valence-corrected chi connectivity index (χ3v) is 11.1. The summed E-state index contributed by atoms with van der Waals surface area (Å²) in [4.78, 5) is 0. The summed E-state index contributed by atoms with van der Waals surface area (Å²) < 4.78 is 6.79. The van der Waals surface area contributed by atoms with Gasteiger partial charge in [-0.2, -0.15) is 10.5 Å². The van der Waals surface area contributed by atoms with Crippen LogP contribution in [0, 0.1) is 22.7 Å². The van der Waals surface area contributed by atoms with Crippen molar-refractivity contribution in [3.05, 3.63) is 187 Å². The number of para-hydroxylation sites is 5. The van der Waals surface area contributed by atoms with E-state index in [0.717, 1.165) is 88.2 Å². The zero-order valence-electron chi connectivity index (χ0n) is 29.5. The Morgan fingerprint density at radius 1 is 0.327 bits per heavy atom. The van der Waals surface area contributed by atoms with Crippen molar-refractivity contribution < 1.29 is 0 Å². The molecule has 0 aliphatic carbocycles. The number of benzene rings is 8. The topological polar surface area (TPSA) is 62.4 Å². The van der Waals surface area contributed by atoms with Crippen LogP contribution in [0.4, 0.5) is 0 Å². The Labute approximate surface area is 316 Å². The third kappa shape index (κ3) is 4.39. The van der Waals surface area contributed by atoms with E-state index in [1.165, 1.54) is 5.39 Å². The van der Waals surface area contributed by atoms with E-state index in [1.807, 2.05) is 36.4 Å². The molecular formula is C50H29N5. The zero-order valence-corrected chi connectivity index (χ0v) is 29.5. The van der Waals surface area contributed by atoms with Crippen LogP contribution in [0.2, 0.25) is 0 Å². The maximum absolute atomic E-state index is 10.8. The van der Waals surface area contributed by atoms with Gasteiger partial charge in [-0.05, 0) is 71.8 Å². The van der Waals surface area contributed by atoms with Crippen LogP contribution in [-0.4, -0.2) is 13.7 Å². The molecule has 0 aliphatic heterocycles. The molecule has 11 rings (SSSR count). The van der Waals surface area contributed by atoms with Crippen LogP contribution in [0.25, 0.3) is 93.6 Å². The summed E-state index contributed by atoms with van der Waals surface area (Å²) in [6.07, 6.45) is 0. The highest BCUT2D eigenvalue weighted by Crippen LogP contribution is 2.42. The van der Waals surface area contributed by atoms with Crippen molar-refractivity contribution in [2.75, 3.05) is 0 Å². The van der Waals surface area contributed by atoms with Gasteiger partial charge in [-0.1, -0.05) is 115 Å². The smallest absolute Gasteiger partial charge is 0.101 e. The van der Waals surface area contributed by atoms with Gasteiger partial charge in [0.1, 0.15) is 12.1 Å². The van der Waals surface area contributed by atoms with E-state index in [1.54, 1.807) is 0 Å². The van der Waals surface area contributed by atoms with Crippen molar-refractivity contribution in [3.63, 3.8) is 0 Å². The van der Waals surface area contributed by atoms with Crippen molar-refractivity contribution in [1.82, 2.24) is 13.7 Å². The second-order valence-corrected chi connectivity index (χ2v) is 14.0. The van der Waals surface area contributed by atoms with Gasteiger partial charge in [0.2, 0.25) is 0 Å². The third-order valence-electron chi connectivity index (χ3n) is 11.1. The molecule has 5 nitrogen and oxygen atoms in total. The molecule has 0 amide bonds. The molecular weight excluding hydrogens is 671 g/mol. The van der Waals surface area contributed by atoms with Gasteiger partial charge < -0.3 is 13.7 Å². The van der Waals surface area contributed by atoms with Gasteiger partial charge in [-0.15, -0.1) is 0 Å². The first-order valence-electron chi connectivity index (χ1n) is 18.3. The predicted molar refractivity (Wildman–Crippen MR) is 224 cm³/mol. The molecule has 0 saturated heterocycles. The summed E-state index contributed by atoms with van der Waals surface area (Å²) >= 11 is 0. The molecule has 0 unspecified atom stereocenters. The molecule has 254 valence electrons. The zero-order chi connectivity index (χ0) is 36.6. The van der Waals surface area contributed by atoms with E-state index >= 15 is 0 Å². The van der Waals surface area contributed by atoms with Crippen LogP contribution in [0.15, 0.2) is 176 Å². The van der Waals surface area contributed by atoms with Gasteiger partial charge >= 0.3 is 0 Å². The first kappa shape index (κ1) is 30.7. The van der Waals surface area contributed by atoms with Crippen molar-refractivity contribution in [3.8, 4) is 40.3 Å². The summed E-state index contributed by atoms with van der Waals surface area (Å²) in [6, 6.07) is 65.7. The van der Waals surface area contributed by atoms with Crippen LogP contribution in [-0.2, 0) is 0 Å². The van der Waals surface area contributed by atoms with Crippen molar-refractivity contribution >= 4 is 65.4 Å². The predicted octanol–water partition coefficient (Wildman–Crippen LogP) is 12.4. The molecule has 0 N–H and O–H groups in total. The lowest BCUT2D eigenvalue weighted by molar-refractivity contribution is 1.14. The summed E-state index contributed by atoms with van der Waals surface area (Å²) in [7, 11) is 0. The lowest BCUT2D eigenvalue weighted by Gasteiger charge is -2.15. The molecule has 0 atom stereocenters. The van der Waals surface area contributed by atoms with E-state index in [-0.39, 0.29) is 0 Å². The fourth-order valence-corrected chi connectivity index (χ4v) is 8.78. The van der Waals surface area contributed by atoms with Crippen LogP contribution in [0.3, 0.4) is 0 Å². The number of nitrogens with zero attached hydrogens (tertiary/aromatic N) is 5. The quantitative estimate of drug-likeness (QED) is 0.184. The minimum Gasteiger partial charge on any atom is -0.308 e. The molecule has 55 heavy (non-hydrogen) atoms. The van der Waals surface area contributed by atoms with Crippen LogP contribution in [0.5, 0.6) is 0 Å². The van der Waals surface area contributed by atoms with Gasteiger partial charge in [-0.3, -0.25) is 0 Å². The Kier molecular flexibility index (Phi) is 6.61. The van der Waals surface area contributed by atoms with Crippen LogP contribution >= 0.6 is 0 Å². The highest BCUT2D eigenvalue weighted by Gasteiger charge is 2.23. The molecule has 0 radical (unpaired) electrons. The van der Waals surface area contributed by atoms with Gasteiger partial charge in [0.15, 0.2) is 0 Å². The van der Waals surface area contributed by atoms with E-state index in [0.29, 0.717) is 11.1 Å². The number of nitriles is 2. The first-order chi connectivity index (χ1) is 27.2. The minimum atomic E-state index is 0.546. The van der Waals surface area contributed by atoms with Crippen LogP contribution in [0.1, 0.15) is 11.1 Å². The lowest BCUT2D eigenvalue weighted by Crippen LogP contribution is -2.01. The number of hydrogen-bond acceptors (Lipinski definition) is 2. The van der Waals surface area contributed by atoms with E-state index in [4.69, 9.17) is 0 Å². The number of hydrogen-bond donors (Lipinski definition) is 0. The van der Waals surface area contributed by atoms with Gasteiger partial charge in [0.25, 0.3) is 0 Å². The fraction of sp³-hybridized carbons (Fsp3) is 0. The van der Waals surface area contributed by atoms with E-state index in [9.17, 15) is 10.5 Å². The Bertz CT molecular complexity index is 3400. The summed E-state index contributed by atoms with van der Waals surface area (Å²) in [6.45, 7) is 0. The molecule has 0 saturated carbocycles. The van der Waals surface area contributed by atoms with Gasteiger partial charge in [-0.25, -0.2) is 0 Å². The number of fused-ring (bicyclic) bond motifs is 10. The molecule has 3 aromatic heterocycles. The molecule has 11 aromatic rings. The highest BCUT2D eigenvalue weighted by atomic mass is 15.0. The monoisotopic (exact) mass is 699 g/mol. The maximum atomic E-state index is 10.8. The van der Waals surface area contributed by atoms with Crippen molar-refractivity contribution in [1.29, 1.82) is 10.5 Å². The van der Waals surface area contributed by atoms with Crippen LogP contribution < -0.4 is 0 Å². The SMILES string of the molecule is N#Cc1cc(-c2ccc(-n3c4ccccc4c4ccc5c6ccccc6n(-c6ccccc6)c5c43)c(C#N)c2)ccc1-n1c2ccccc2c2ccccc21. The Balaban J connectivity index is 1.14. The average Bonchev–Trinajstić information content (AvgIpc) is 3.89. The normalized spacial score (nSPS) is 11.6. The largest absolute Gasteiger partial charge is 0.308 e. The highest BCUT2D eigenvalue weighted by molar-refractivity contribution is 6.24. The molecule has 0 bridgehead atoms. The second kappa shape index (κ2) is 11.8. The maximum Gasteiger partial charge on any atom is 0.101 e. The number of rotatable bonds is 4. The molecule has 0 aliphatic rings. The molecule has 5 heteroatoms. The standard InChI is InChI=1S/C50H29N5/c51-30-34-28-32(22-26-43(34)54-46-19-9-4-14-37(46)38-15-5-10-20-47(38)54)33-23-27-44(35(29-33)31-52)55-48-21-11-7-17-40(48)42-25-24-41-39-16-6-8-18-45(39)53(49(41)50(42)55)36-12-2-1-3-13-36/h1-29H. The lowest BCUT2D eigenvalue weighted by atomic mass is 9.99. The molecule has 0 fully saturated rings. The average molecular weight is 700 g/mol. The fourth-order valence-electron chi connectivity index (χ4n) is 8.78. The van der Waals surface area contributed by atoms with Gasteiger partial charge in [0, 0.05) is 38.0 Å². The van der Waals surface area contributed by atoms with Crippen molar-refractivity contribution in [2.45, 2.75) is 0 Å². The summed E-state index contributed by atoms with van der Waals surface area (Å²) in [5, 5.41) is 28.2. The first-order valence-corrected chi connectivity index (χ1v) is 18.3. The number of aromatic nitrogens is 3. The second-order valence-electron chi connectivity index (χ2n) is 14.0. The van der Waals surface area contributed by atoms with Gasteiger partial charge in [0.05, 0.1) is 55.6 Å². The molecule has 0 spiro atoms. The summed E-state index contributed by atoms with van der Waals surface area (Å²) in [5.74, 6) is 0. The Morgan fingerprint density at radius 3 is 1.20 bits per heavy atom. The molecule has 3 heterocycles. The van der Waals surface area contributed by atoms with E-state index < -0.39 is 0 Å². The molecule has 8 aromatic carbocycles. The Morgan fingerprint density at radius 2 is 0.709 bits per heavy atom. The van der Waals surface area contributed by atoms with Crippen molar-refractivity contribution in [2.24, 2.45) is 0 Å². The summed E-state index contributed by atoms with van der Waals surface area (Å²) in [5.41, 5.74) is 11.9. The Hall–Kier alpha value is -7.86.